The maximum Gasteiger partial charge on any atom is 0.246 e. The first-order valence-corrected chi connectivity index (χ1v) is 14.1. The van der Waals surface area contributed by atoms with Crippen molar-refractivity contribution in [2.24, 2.45) is 5.92 Å². The molecule has 5 atom stereocenters. The van der Waals surface area contributed by atoms with E-state index in [0.29, 0.717) is 18.6 Å². The summed E-state index contributed by atoms with van der Waals surface area (Å²) in [6.45, 7) is 4.04. The molecular formula is C29H34N2O4S. The van der Waals surface area contributed by atoms with E-state index in [1.807, 2.05) is 25.3 Å². The molecule has 1 spiro atoms. The van der Waals surface area contributed by atoms with Crippen molar-refractivity contribution in [3.63, 3.8) is 0 Å². The number of aromatic hydroxyl groups is 1. The number of benzene rings is 1. The summed E-state index contributed by atoms with van der Waals surface area (Å²) in [4.78, 5) is 19.9. The van der Waals surface area contributed by atoms with Gasteiger partial charge in [0, 0.05) is 41.0 Å². The quantitative estimate of drug-likeness (QED) is 0.603. The minimum Gasteiger partial charge on any atom is -0.504 e. The van der Waals surface area contributed by atoms with Crippen molar-refractivity contribution >= 4 is 23.3 Å². The van der Waals surface area contributed by atoms with Crippen LogP contribution in [0.2, 0.25) is 0 Å². The van der Waals surface area contributed by atoms with Crippen LogP contribution in [0.15, 0.2) is 30.3 Å². The molecule has 7 heteroatoms. The normalized spacial score (nSPS) is 34.5. The average molecular weight is 507 g/mol. The number of phenols is 1. The number of rotatable bonds is 5. The predicted octanol–water partition coefficient (Wildman–Crippen LogP) is 3.87. The number of likely N-dealkylation sites (N-methyl/N-ethyl adjacent to an activating group) is 1. The van der Waals surface area contributed by atoms with E-state index < -0.39 is 11.0 Å². The van der Waals surface area contributed by atoms with Crippen molar-refractivity contribution in [3.8, 4) is 11.5 Å². The summed E-state index contributed by atoms with van der Waals surface area (Å²) in [6, 6.07) is 7.72. The third kappa shape index (κ3) is 3.06. The molecule has 3 aliphatic carbocycles. The van der Waals surface area contributed by atoms with Crippen LogP contribution in [0.25, 0.3) is 6.08 Å². The standard InChI is InChI=1S/C29H34N2O4S/c1-17-3-7-20(36-17)8-10-24(33)30(2)21-11-12-29(34)23-15-19-6-9-22(32)26-25(19)28(29,27(21)35-26)13-14-31(23)16-18-4-5-18/h3,6-10,18,21,23,27,32,34H,4-5,11-16H2,1-2H3/t21-,23-,27+,28+,29-/m1/s1. The Labute approximate surface area is 216 Å². The molecule has 190 valence electrons. The van der Waals surface area contributed by atoms with E-state index in [4.69, 9.17) is 4.74 Å². The molecule has 3 fully saturated rings. The van der Waals surface area contributed by atoms with Crippen LogP contribution in [0.1, 0.15) is 53.0 Å². The zero-order valence-corrected chi connectivity index (χ0v) is 21.8. The molecular weight excluding hydrogens is 472 g/mol. The Balaban J connectivity index is 1.26. The topological polar surface area (TPSA) is 73.2 Å². The third-order valence-electron chi connectivity index (χ3n) is 9.73. The van der Waals surface area contributed by atoms with Crippen molar-refractivity contribution in [1.29, 1.82) is 0 Å². The van der Waals surface area contributed by atoms with Gasteiger partial charge in [-0.15, -0.1) is 11.3 Å². The molecule has 6 nitrogen and oxygen atoms in total. The maximum atomic E-state index is 13.3. The molecule has 0 radical (unpaired) electrons. The largest absolute Gasteiger partial charge is 0.504 e. The number of nitrogens with zero attached hydrogens (tertiary/aromatic N) is 2. The van der Waals surface area contributed by atoms with Crippen LogP contribution in [-0.4, -0.2) is 69.8 Å². The van der Waals surface area contributed by atoms with Crippen LogP contribution in [0.3, 0.4) is 0 Å². The highest BCUT2D eigenvalue weighted by Crippen LogP contribution is 2.66. The van der Waals surface area contributed by atoms with E-state index in [9.17, 15) is 15.0 Å². The van der Waals surface area contributed by atoms with Gasteiger partial charge in [-0.05, 0) is 87.7 Å². The van der Waals surface area contributed by atoms with Crippen molar-refractivity contribution in [2.75, 3.05) is 20.1 Å². The highest BCUT2D eigenvalue weighted by molar-refractivity contribution is 7.12. The molecule has 1 saturated heterocycles. The van der Waals surface area contributed by atoms with Crippen molar-refractivity contribution in [2.45, 2.75) is 74.7 Å². The summed E-state index contributed by atoms with van der Waals surface area (Å²) in [5.74, 6) is 1.37. The Bertz CT molecular complexity index is 1270. The number of hydrogen-bond donors (Lipinski definition) is 2. The highest BCUT2D eigenvalue weighted by Gasteiger charge is 2.73. The number of thiophene rings is 1. The number of carbonyl (C=O) groups excluding carboxylic acids is 1. The molecule has 2 aromatic rings. The van der Waals surface area contributed by atoms with Crippen molar-refractivity contribution < 1.29 is 19.7 Å². The Morgan fingerprint density at radius 1 is 1.25 bits per heavy atom. The summed E-state index contributed by atoms with van der Waals surface area (Å²) in [6.07, 6.45) is 8.61. The minimum atomic E-state index is -0.929. The number of ether oxygens (including phenoxy) is 1. The van der Waals surface area contributed by atoms with Gasteiger partial charge in [0.2, 0.25) is 5.91 Å². The molecule has 36 heavy (non-hydrogen) atoms. The molecule has 2 bridgehead atoms. The first-order valence-electron chi connectivity index (χ1n) is 13.3. The number of carbonyl (C=O) groups is 1. The lowest BCUT2D eigenvalue weighted by molar-refractivity contribution is -0.200. The van der Waals surface area contributed by atoms with E-state index in [-0.39, 0.29) is 29.8 Å². The second-order valence-corrected chi connectivity index (χ2v) is 12.9. The number of phenolic OH excluding ortho intramolecular Hbond substituents is 1. The first-order chi connectivity index (χ1) is 17.3. The van der Waals surface area contributed by atoms with Gasteiger partial charge in [-0.25, -0.2) is 0 Å². The number of aryl methyl sites for hydroxylation is 1. The van der Waals surface area contributed by atoms with Crippen LogP contribution in [0, 0.1) is 12.8 Å². The van der Waals surface area contributed by atoms with Crippen LogP contribution in [0.4, 0.5) is 0 Å². The number of aliphatic hydroxyl groups is 1. The lowest BCUT2D eigenvalue weighted by Crippen LogP contribution is -2.78. The molecule has 1 amide bonds. The Morgan fingerprint density at radius 3 is 2.83 bits per heavy atom. The van der Waals surface area contributed by atoms with Crippen LogP contribution < -0.4 is 4.74 Å². The SMILES string of the molecule is Cc1ccc(C=CC(=O)N(C)[C@@H]2CC[C@@]3(O)[C@H]4Cc5ccc(O)c6c5[C@@]3(CCN4CC3CC3)[C@H]2O6)s1. The Kier molecular flexibility index (Phi) is 4.96. The summed E-state index contributed by atoms with van der Waals surface area (Å²) in [5.41, 5.74) is 0.656. The lowest BCUT2D eigenvalue weighted by Gasteiger charge is -2.64. The van der Waals surface area contributed by atoms with Gasteiger partial charge in [0.1, 0.15) is 6.10 Å². The van der Waals surface area contributed by atoms with E-state index in [2.05, 4.69) is 17.9 Å². The zero-order chi connectivity index (χ0) is 24.8. The molecule has 1 aromatic heterocycles. The Morgan fingerprint density at radius 2 is 2.08 bits per heavy atom. The number of piperidine rings is 1. The molecule has 3 heterocycles. The smallest absolute Gasteiger partial charge is 0.246 e. The summed E-state index contributed by atoms with van der Waals surface area (Å²) in [5, 5.41) is 23.4. The van der Waals surface area contributed by atoms with Gasteiger partial charge in [0.25, 0.3) is 0 Å². The van der Waals surface area contributed by atoms with E-state index >= 15 is 0 Å². The number of hydrogen-bond acceptors (Lipinski definition) is 6. The molecule has 2 aliphatic heterocycles. The van der Waals surface area contributed by atoms with Gasteiger partial charge >= 0.3 is 0 Å². The van der Waals surface area contributed by atoms with Gasteiger partial charge in [-0.3, -0.25) is 9.69 Å². The van der Waals surface area contributed by atoms with E-state index in [1.54, 1.807) is 28.4 Å². The molecule has 1 aromatic carbocycles. The van der Waals surface area contributed by atoms with E-state index in [1.165, 1.54) is 23.3 Å². The average Bonchev–Trinajstić information content (AvgIpc) is 3.46. The minimum absolute atomic E-state index is 0.0462. The van der Waals surface area contributed by atoms with Crippen LogP contribution in [0.5, 0.6) is 11.5 Å². The fourth-order valence-electron chi connectivity index (χ4n) is 7.83. The van der Waals surface area contributed by atoms with Crippen molar-refractivity contribution in [3.05, 3.63) is 51.2 Å². The first kappa shape index (κ1) is 22.8. The monoisotopic (exact) mass is 506 g/mol. The van der Waals surface area contributed by atoms with Gasteiger partial charge in [0.05, 0.1) is 17.1 Å². The van der Waals surface area contributed by atoms with Crippen LogP contribution in [-0.2, 0) is 16.6 Å². The maximum absolute atomic E-state index is 13.3. The van der Waals surface area contributed by atoms with Gasteiger partial charge in [-0.2, -0.15) is 0 Å². The predicted molar refractivity (Wildman–Crippen MR) is 139 cm³/mol. The molecule has 7 rings (SSSR count). The van der Waals surface area contributed by atoms with Crippen molar-refractivity contribution in [1.82, 2.24) is 9.80 Å². The lowest BCUT2D eigenvalue weighted by atomic mass is 9.48. The Hall–Kier alpha value is -2.35. The van der Waals surface area contributed by atoms with Crippen LogP contribution >= 0.6 is 11.3 Å². The van der Waals surface area contributed by atoms with Gasteiger partial charge in [-0.1, -0.05) is 6.07 Å². The summed E-state index contributed by atoms with van der Waals surface area (Å²) < 4.78 is 6.61. The molecule has 0 unspecified atom stereocenters. The number of amides is 1. The van der Waals surface area contributed by atoms with E-state index in [0.717, 1.165) is 42.3 Å². The molecule has 2 saturated carbocycles. The fraction of sp³-hybridized carbons (Fsp3) is 0.552. The fourth-order valence-corrected chi connectivity index (χ4v) is 8.61. The summed E-state index contributed by atoms with van der Waals surface area (Å²) in [7, 11) is 1.85. The zero-order valence-electron chi connectivity index (χ0n) is 20.9. The number of likely N-dealkylation sites (tertiary alicyclic amines) is 1. The summed E-state index contributed by atoms with van der Waals surface area (Å²) >= 11 is 1.67. The highest BCUT2D eigenvalue weighted by atomic mass is 32.1. The van der Waals surface area contributed by atoms with Gasteiger partial charge < -0.3 is 19.8 Å². The second kappa shape index (κ2) is 7.83. The van der Waals surface area contributed by atoms with Gasteiger partial charge in [0.15, 0.2) is 11.5 Å². The molecule has 2 N–H and O–H groups in total. The molecule has 5 aliphatic rings. The third-order valence-corrected chi connectivity index (χ3v) is 10.7. The second-order valence-electron chi connectivity index (χ2n) is 11.6.